The van der Waals surface area contributed by atoms with Crippen LogP contribution < -0.4 is 5.32 Å². The Morgan fingerprint density at radius 2 is 2.25 bits per heavy atom. The molecule has 2 aromatic heterocycles. The van der Waals surface area contributed by atoms with Gasteiger partial charge in [-0.1, -0.05) is 0 Å². The molecule has 0 bridgehead atoms. The minimum absolute atomic E-state index is 0.0537. The van der Waals surface area contributed by atoms with Crippen LogP contribution in [0, 0.1) is 0 Å². The third-order valence-corrected chi connectivity index (χ3v) is 2.67. The Balaban J connectivity index is 2.28. The van der Waals surface area contributed by atoms with E-state index in [9.17, 15) is 8.78 Å². The summed E-state index contributed by atoms with van der Waals surface area (Å²) >= 11 is 5.70. The van der Waals surface area contributed by atoms with Crippen molar-refractivity contribution in [3.05, 3.63) is 17.5 Å². The summed E-state index contributed by atoms with van der Waals surface area (Å²) in [5, 5.41) is 2.65. The minimum Gasteiger partial charge on any atom is -0.362 e. The maximum absolute atomic E-state index is 13.4. The molecule has 3 rings (SSSR count). The lowest BCUT2D eigenvalue weighted by molar-refractivity contribution is 0.00000325. The lowest BCUT2D eigenvalue weighted by Gasteiger charge is -2.13. The zero-order valence-electron chi connectivity index (χ0n) is 8.04. The normalized spacial score (nSPS) is 18.2. The van der Waals surface area contributed by atoms with Gasteiger partial charge in [-0.2, -0.15) is 4.98 Å². The molecular weight excluding hydrogens is 238 g/mol. The summed E-state index contributed by atoms with van der Waals surface area (Å²) in [6, 6.07) is 1.65. The molecule has 1 aliphatic heterocycles. The van der Waals surface area contributed by atoms with Crippen LogP contribution in [0.5, 0.6) is 0 Å². The molecule has 0 saturated heterocycles. The van der Waals surface area contributed by atoms with Gasteiger partial charge >= 0.3 is 0 Å². The van der Waals surface area contributed by atoms with Crippen molar-refractivity contribution in [1.82, 2.24) is 14.5 Å². The molecule has 4 nitrogen and oxygen atoms in total. The number of nitrogens with one attached hydrogen (secondary N) is 1. The molecule has 0 atom stereocenters. The molecule has 0 saturated carbocycles. The number of anilines is 1. The molecule has 0 fully saturated rings. The van der Waals surface area contributed by atoms with Crippen LogP contribution in [0.4, 0.5) is 14.6 Å². The zero-order chi connectivity index (χ0) is 11.3. The van der Waals surface area contributed by atoms with Crippen molar-refractivity contribution >= 4 is 28.5 Å². The summed E-state index contributed by atoms with van der Waals surface area (Å²) in [6.45, 7) is -0.821. The highest BCUT2D eigenvalue weighted by Crippen LogP contribution is 2.30. The molecule has 0 aliphatic carbocycles. The lowest BCUT2D eigenvalue weighted by Crippen LogP contribution is -2.29. The molecule has 2 aromatic rings. The first-order chi connectivity index (χ1) is 7.55. The van der Waals surface area contributed by atoms with E-state index in [1.54, 1.807) is 12.3 Å². The fourth-order valence-electron chi connectivity index (χ4n) is 1.85. The largest absolute Gasteiger partial charge is 0.362 e. The molecule has 0 amide bonds. The van der Waals surface area contributed by atoms with Crippen LogP contribution in [-0.4, -0.2) is 27.0 Å². The molecule has 1 N–H and O–H groups in total. The smallest absolute Gasteiger partial charge is 0.282 e. The standard InChI is InChI=1S/C9H7ClF2N4/c10-8-14-5-1-2-16-4-9(11,12)3-13-7(15-8)6(5)16/h1-2H,3-4H2,(H,13,14,15). The SMILES string of the molecule is FC1(F)CNc2nc(Cl)nc3ccn(c23)C1. The average Bonchev–Trinajstić information content (AvgIpc) is 2.51. The third kappa shape index (κ3) is 1.41. The van der Waals surface area contributed by atoms with E-state index >= 15 is 0 Å². The maximum Gasteiger partial charge on any atom is 0.282 e. The Hall–Kier alpha value is -1.43. The van der Waals surface area contributed by atoms with Crippen LogP contribution in [0.15, 0.2) is 12.3 Å². The van der Waals surface area contributed by atoms with E-state index in [0.717, 1.165) is 0 Å². The van der Waals surface area contributed by atoms with Crippen LogP contribution in [0.25, 0.3) is 11.0 Å². The number of hydrogen-bond acceptors (Lipinski definition) is 3. The molecule has 7 heteroatoms. The monoisotopic (exact) mass is 244 g/mol. The van der Waals surface area contributed by atoms with Crippen molar-refractivity contribution in [3.8, 4) is 0 Å². The second kappa shape index (κ2) is 3.04. The topological polar surface area (TPSA) is 42.7 Å². The number of nitrogens with zero attached hydrogens (tertiary/aromatic N) is 3. The van der Waals surface area contributed by atoms with E-state index in [4.69, 9.17) is 11.6 Å². The van der Waals surface area contributed by atoms with Crippen molar-refractivity contribution in [2.75, 3.05) is 11.9 Å². The van der Waals surface area contributed by atoms with Crippen molar-refractivity contribution in [1.29, 1.82) is 0 Å². The summed E-state index contributed by atoms with van der Waals surface area (Å²) in [5.74, 6) is -2.45. The average molecular weight is 245 g/mol. The van der Waals surface area contributed by atoms with E-state index in [-0.39, 0.29) is 11.8 Å². The van der Waals surface area contributed by atoms with Crippen molar-refractivity contribution in [2.24, 2.45) is 0 Å². The Morgan fingerprint density at radius 1 is 1.44 bits per heavy atom. The third-order valence-electron chi connectivity index (χ3n) is 2.50. The molecule has 0 unspecified atom stereocenters. The molecule has 0 aromatic carbocycles. The predicted octanol–water partition coefficient (Wildman–Crippen LogP) is 2.15. The van der Waals surface area contributed by atoms with Crippen LogP contribution >= 0.6 is 11.6 Å². The van der Waals surface area contributed by atoms with E-state index < -0.39 is 12.5 Å². The summed E-state index contributed by atoms with van der Waals surface area (Å²) < 4.78 is 28.2. The first kappa shape index (κ1) is 9.77. The van der Waals surface area contributed by atoms with E-state index in [1.807, 2.05) is 0 Å². The fraction of sp³-hybridized carbons (Fsp3) is 0.333. The Kier molecular flexibility index (Phi) is 1.85. The molecule has 16 heavy (non-hydrogen) atoms. The summed E-state index contributed by atoms with van der Waals surface area (Å²) in [5.41, 5.74) is 1.14. The minimum atomic E-state index is -2.81. The summed E-state index contributed by atoms with van der Waals surface area (Å²) in [6.07, 6.45) is 1.57. The molecule has 0 spiro atoms. The van der Waals surface area contributed by atoms with Crippen molar-refractivity contribution < 1.29 is 8.78 Å². The van der Waals surface area contributed by atoms with E-state index in [2.05, 4.69) is 15.3 Å². The van der Waals surface area contributed by atoms with Crippen molar-refractivity contribution in [2.45, 2.75) is 12.5 Å². The quantitative estimate of drug-likeness (QED) is 0.722. The van der Waals surface area contributed by atoms with Gasteiger partial charge in [-0.3, -0.25) is 0 Å². The van der Waals surface area contributed by atoms with Gasteiger partial charge in [0.2, 0.25) is 5.28 Å². The van der Waals surface area contributed by atoms with Gasteiger partial charge in [0.25, 0.3) is 5.92 Å². The number of halogens is 3. The van der Waals surface area contributed by atoms with Gasteiger partial charge < -0.3 is 9.88 Å². The predicted molar refractivity (Wildman–Crippen MR) is 56.0 cm³/mol. The second-order valence-electron chi connectivity index (χ2n) is 3.73. The summed E-state index contributed by atoms with van der Waals surface area (Å²) in [4.78, 5) is 7.90. The number of aromatic nitrogens is 3. The number of rotatable bonds is 0. The highest BCUT2D eigenvalue weighted by Gasteiger charge is 2.33. The zero-order valence-corrected chi connectivity index (χ0v) is 8.80. The van der Waals surface area contributed by atoms with Gasteiger partial charge in [-0.05, 0) is 17.7 Å². The highest BCUT2D eigenvalue weighted by atomic mass is 35.5. The Labute approximate surface area is 94.2 Å². The van der Waals surface area contributed by atoms with Gasteiger partial charge in [0.1, 0.15) is 5.52 Å². The second-order valence-corrected chi connectivity index (χ2v) is 4.07. The van der Waals surface area contributed by atoms with Gasteiger partial charge in [0, 0.05) is 6.20 Å². The molecule has 84 valence electrons. The fourth-order valence-corrected chi connectivity index (χ4v) is 2.03. The lowest BCUT2D eigenvalue weighted by atomic mass is 10.3. The number of alkyl halides is 2. The Morgan fingerprint density at radius 3 is 3.06 bits per heavy atom. The van der Waals surface area contributed by atoms with E-state index in [0.29, 0.717) is 16.9 Å². The molecule has 1 aliphatic rings. The highest BCUT2D eigenvalue weighted by molar-refractivity contribution is 6.28. The Bertz CT molecular complexity index is 566. The summed E-state index contributed by atoms with van der Waals surface area (Å²) in [7, 11) is 0. The van der Waals surface area contributed by atoms with Crippen LogP contribution in [-0.2, 0) is 6.54 Å². The van der Waals surface area contributed by atoms with Crippen LogP contribution in [0.1, 0.15) is 0 Å². The van der Waals surface area contributed by atoms with Gasteiger partial charge in [0.05, 0.1) is 18.6 Å². The molecule has 3 heterocycles. The molecule has 0 radical (unpaired) electrons. The first-order valence-electron chi connectivity index (χ1n) is 4.69. The van der Waals surface area contributed by atoms with Crippen LogP contribution in [0.3, 0.4) is 0 Å². The molecular formula is C9H7ClF2N4. The van der Waals surface area contributed by atoms with Crippen LogP contribution in [0.2, 0.25) is 5.28 Å². The number of hydrogen-bond donors (Lipinski definition) is 1. The van der Waals surface area contributed by atoms with E-state index in [1.165, 1.54) is 4.57 Å². The first-order valence-corrected chi connectivity index (χ1v) is 5.07. The van der Waals surface area contributed by atoms with Gasteiger partial charge in [0.15, 0.2) is 5.82 Å². The van der Waals surface area contributed by atoms with Crippen molar-refractivity contribution in [3.63, 3.8) is 0 Å². The van der Waals surface area contributed by atoms with Gasteiger partial charge in [-0.25, -0.2) is 13.8 Å². The maximum atomic E-state index is 13.4. The van der Waals surface area contributed by atoms with Gasteiger partial charge in [-0.15, -0.1) is 0 Å².